The van der Waals surface area contributed by atoms with Crippen LogP contribution in [0, 0.1) is 5.82 Å². The number of amides is 2. The number of carbonyl (C=O) groups is 1. The molecule has 2 N–H and O–H groups in total. The van der Waals surface area contributed by atoms with E-state index in [0.29, 0.717) is 30.0 Å². The van der Waals surface area contributed by atoms with Crippen LogP contribution in [0.1, 0.15) is 6.42 Å². The van der Waals surface area contributed by atoms with Gasteiger partial charge in [-0.2, -0.15) is 0 Å². The third kappa shape index (κ3) is 3.65. The Labute approximate surface area is 139 Å². The van der Waals surface area contributed by atoms with Crippen LogP contribution in [0.15, 0.2) is 48.5 Å². The maximum absolute atomic E-state index is 12.8. The fourth-order valence-corrected chi connectivity index (χ4v) is 4.03. The first-order chi connectivity index (χ1) is 11.4. The van der Waals surface area contributed by atoms with E-state index >= 15 is 0 Å². The van der Waals surface area contributed by atoms with Crippen molar-refractivity contribution in [1.82, 2.24) is 0 Å². The summed E-state index contributed by atoms with van der Waals surface area (Å²) in [6.07, 6.45) is 0.614. The van der Waals surface area contributed by atoms with E-state index in [0.717, 1.165) is 0 Å². The van der Waals surface area contributed by atoms with Gasteiger partial charge in [0, 0.05) is 17.9 Å². The molecule has 0 unspecified atom stereocenters. The van der Waals surface area contributed by atoms with Crippen molar-refractivity contribution in [3.8, 4) is 0 Å². The van der Waals surface area contributed by atoms with Crippen molar-refractivity contribution in [2.24, 2.45) is 0 Å². The maximum atomic E-state index is 12.8. The Morgan fingerprint density at radius 2 is 1.50 bits per heavy atom. The Morgan fingerprint density at radius 1 is 0.958 bits per heavy atom. The van der Waals surface area contributed by atoms with Crippen LogP contribution in [0.25, 0.3) is 0 Å². The molecule has 1 aliphatic rings. The van der Waals surface area contributed by atoms with Crippen LogP contribution in [-0.4, -0.2) is 26.7 Å². The van der Waals surface area contributed by atoms with Crippen LogP contribution in [-0.2, 0) is 10.0 Å². The number of nitrogens with zero attached hydrogens (tertiary/aromatic N) is 1. The summed E-state index contributed by atoms with van der Waals surface area (Å²) in [7, 11) is -3.22. The highest BCUT2D eigenvalue weighted by atomic mass is 32.2. The van der Waals surface area contributed by atoms with Crippen LogP contribution in [0.5, 0.6) is 0 Å². The Balaban J connectivity index is 1.63. The van der Waals surface area contributed by atoms with E-state index in [1.165, 1.54) is 28.6 Å². The summed E-state index contributed by atoms with van der Waals surface area (Å²) in [6.45, 7) is 0.472. The Morgan fingerprint density at radius 3 is 2.00 bits per heavy atom. The largest absolute Gasteiger partial charge is 0.323 e. The zero-order chi connectivity index (χ0) is 17.2. The van der Waals surface area contributed by atoms with E-state index in [1.54, 1.807) is 24.3 Å². The van der Waals surface area contributed by atoms with Crippen molar-refractivity contribution < 1.29 is 17.6 Å². The predicted octanol–water partition coefficient (Wildman–Crippen LogP) is 3.01. The molecule has 2 aromatic carbocycles. The molecule has 1 heterocycles. The fraction of sp³-hybridized carbons (Fsp3) is 0.188. The van der Waals surface area contributed by atoms with Gasteiger partial charge in [-0.25, -0.2) is 17.6 Å². The van der Waals surface area contributed by atoms with Gasteiger partial charge in [-0.05, 0) is 55.0 Å². The van der Waals surface area contributed by atoms with Gasteiger partial charge in [-0.1, -0.05) is 0 Å². The van der Waals surface area contributed by atoms with Gasteiger partial charge in [0.05, 0.1) is 11.4 Å². The Kier molecular flexibility index (Phi) is 4.39. The van der Waals surface area contributed by atoms with Crippen molar-refractivity contribution in [3.63, 3.8) is 0 Å². The van der Waals surface area contributed by atoms with Gasteiger partial charge in [0.15, 0.2) is 0 Å². The van der Waals surface area contributed by atoms with Crippen molar-refractivity contribution in [3.05, 3.63) is 54.3 Å². The molecule has 1 saturated heterocycles. The second-order valence-corrected chi connectivity index (χ2v) is 7.39. The molecule has 0 bridgehead atoms. The molecule has 8 heteroatoms. The average Bonchev–Trinajstić information content (AvgIpc) is 2.90. The molecule has 0 atom stereocenters. The van der Waals surface area contributed by atoms with Crippen molar-refractivity contribution in [2.45, 2.75) is 6.42 Å². The third-order valence-corrected chi connectivity index (χ3v) is 5.48. The van der Waals surface area contributed by atoms with Gasteiger partial charge in [-0.15, -0.1) is 0 Å². The molecule has 1 fully saturated rings. The van der Waals surface area contributed by atoms with Crippen LogP contribution in [0.2, 0.25) is 0 Å². The SMILES string of the molecule is O=C(Nc1ccc(F)cc1)Nc1ccc(N2CCCS2(=O)=O)cc1. The maximum Gasteiger partial charge on any atom is 0.323 e. The van der Waals surface area contributed by atoms with E-state index in [1.807, 2.05) is 0 Å². The minimum atomic E-state index is -3.22. The quantitative estimate of drug-likeness (QED) is 0.894. The van der Waals surface area contributed by atoms with Gasteiger partial charge in [-0.3, -0.25) is 4.31 Å². The van der Waals surface area contributed by atoms with E-state index in [9.17, 15) is 17.6 Å². The number of urea groups is 1. The molecule has 2 amide bonds. The number of hydrogen-bond acceptors (Lipinski definition) is 3. The summed E-state index contributed by atoms with van der Waals surface area (Å²) in [4.78, 5) is 11.9. The summed E-state index contributed by atoms with van der Waals surface area (Å²) in [5.41, 5.74) is 1.57. The average molecular weight is 349 g/mol. The lowest BCUT2D eigenvalue weighted by molar-refractivity contribution is 0.262. The van der Waals surface area contributed by atoms with Crippen molar-refractivity contribution in [2.75, 3.05) is 27.2 Å². The van der Waals surface area contributed by atoms with Gasteiger partial charge >= 0.3 is 6.03 Å². The molecule has 2 aromatic rings. The summed E-state index contributed by atoms with van der Waals surface area (Å²) >= 11 is 0. The standard InChI is InChI=1S/C16H16FN3O3S/c17-12-2-4-13(5-3-12)18-16(21)19-14-6-8-15(9-7-14)20-10-1-11-24(20,22)23/h2-9H,1,10-11H2,(H2,18,19,21). The van der Waals surface area contributed by atoms with Crippen LogP contribution < -0.4 is 14.9 Å². The lowest BCUT2D eigenvalue weighted by atomic mass is 10.2. The van der Waals surface area contributed by atoms with Gasteiger partial charge < -0.3 is 10.6 Å². The van der Waals surface area contributed by atoms with Gasteiger partial charge in [0.2, 0.25) is 10.0 Å². The summed E-state index contributed by atoms with van der Waals surface area (Å²) in [6, 6.07) is 11.5. The third-order valence-electron chi connectivity index (χ3n) is 3.61. The number of nitrogens with one attached hydrogen (secondary N) is 2. The molecule has 0 radical (unpaired) electrons. The zero-order valence-corrected chi connectivity index (χ0v) is 13.5. The van der Waals surface area contributed by atoms with Crippen LogP contribution >= 0.6 is 0 Å². The number of hydrogen-bond donors (Lipinski definition) is 2. The molecule has 1 aliphatic heterocycles. The zero-order valence-electron chi connectivity index (χ0n) is 12.7. The monoisotopic (exact) mass is 349 g/mol. The van der Waals surface area contributed by atoms with Gasteiger partial charge in [0.25, 0.3) is 0 Å². The molecule has 3 rings (SSSR count). The number of benzene rings is 2. The fourth-order valence-electron chi connectivity index (χ4n) is 2.47. The normalized spacial score (nSPS) is 16.0. The minimum Gasteiger partial charge on any atom is -0.308 e. The first kappa shape index (κ1) is 16.3. The van der Waals surface area contributed by atoms with Gasteiger partial charge in [0.1, 0.15) is 5.82 Å². The van der Waals surface area contributed by atoms with E-state index in [-0.39, 0.29) is 11.6 Å². The Bertz CT molecular complexity index is 836. The molecule has 0 aliphatic carbocycles. The molecule has 0 saturated carbocycles. The molecule has 126 valence electrons. The molecule has 6 nitrogen and oxygen atoms in total. The Hall–Kier alpha value is -2.61. The van der Waals surface area contributed by atoms with Crippen LogP contribution in [0.4, 0.5) is 26.2 Å². The van der Waals surface area contributed by atoms with Crippen molar-refractivity contribution in [1.29, 1.82) is 0 Å². The first-order valence-corrected chi connectivity index (χ1v) is 8.99. The predicted molar refractivity (Wildman–Crippen MR) is 91.2 cm³/mol. The van der Waals surface area contributed by atoms with Crippen LogP contribution in [0.3, 0.4) is 0 Å². The van der Waals surface area contributed by atoms with E-state index in [4.69, 9.17) is 0 Å². The number of halogens is 1. The smallest absolute Gasteiger partial charge is 0.308 e. The number of anilines is 3. The summed E-state index contributed by atoms with van der Waals surface area (Å²) in [5.74, 6) is -0.221. The molecule has 24 heavy (non-hydrogen) atoms. The molecule has 0 aromatic heterocycles. The lowest BCUT2D eigenvalue weighted by Crippen LogP contribution is -2.25. The van der Waals surface area contributed by atoms with E-state index in [2.05, 4.69) is 10.6 Å². The van der Waals surface area contributed by atoms with E-state index < -0.39 is 16.1 Å². The minimum absolute atomic E-state index is 0.160. The highest BCUT2D eigenvalue weighted by Crippen LogP contribution is 2.25. The van der Waals surface area contributed by atoms with Crippen molar-refractivity contribution >= 4 is 33.1 Å². The number of rotatable bonds is 3. The lowest BCUT2D eigenvalue weighted by Gasteiger charge is -2.17. The molecular weight excluding hydrogens is 333 g/mol. The number of carbonyl (C=O) groups excluding carboxylic acids is 1. The molecule has 0 spiro atoms. The summed E-state index contributed by atoms with van der Waals surface area (Å²) < 4.78 is 37.9. The number of sulfonamides is 1. The highest BCUT2D eigenvalue weighted by molar-refractivity contribution is 7.93. The summed E-state index contributed by atoms with van der Waals surface area (Å²) in [5, 5.41) is 5.21. The first-order valence-electron chi connectivity index (χ1n) is 7.38. The molecular formula is C16H16FN3O3S. The second kappa shape index (κ2) is 6.48. The second-order valence-electron chi connectivity index (χ2n) is 5.37. The topological polar surface area (TPSA) is 78.5 Å². The highest BCUT2D eigenvalue weighted by Gasteiger charge is 2.28.